The molecule has 0 saturated heterocycles. The van der Waals surface area contributed by atoms with Crippen molar-refractivity contribution in [1.82, 2.24) is 33.4 Å². The molecule has 14 heteroatoms. The van der Waals surface area contributed by atoms with Crippen molar-refractivity contribution in [3.8, 4) is 17.1 Å². The van der Waals surface area contributed by atoms with Crippen LogP contribution in [0.25, 0.3) is 28.2 Å². The summed E-state index contributed by atoms with van der Waals surface area (Å²) < 4.78 is 36.4. The van der Waals surface area contributed by atoms with Crippen LogP contribution in [0.1, 0.15) is 27.2 Å². The Labute approximate surface area is 213 Å². The molecule has 0 aliphatic carbocycles. The van der Waals surface area contributed by atoms with Crippen LogP contribution >= 0.6 is 0 Å². The maximum atomic E-state index is 13.3. The molecule has 0 saturated carbocycles. The predicted molar refractivity (Wildman–Crippen MR) is 136 cm³/mol. The molecule has 0 amide bonds. The number of sulfonamides is 1. The fourth-order valence-electron chi connectivity index (χ4n) is 4.06. The Morgan fingerprint density at radius 3 is 2.54 bits per heavy atom. The van der Waals surface area contributed by atoms with Gasteiger partial charge in [-0.25, -0.2) is 22.6 Å². The van der Waals surface area contributed by atoms with Crippen molar-refractivity contribution in [2.45, 2.75) is 38.6 Å². The van der Waals surface area contributed by atoms with Crippen LogP contribution in [0.5, 0.6) is 5.75 Å². The summed E-state index contributed by atoms with van der Waals surface area (Å²) in [5, 5.41) is 26.6. The van der Waals surface area contributed by atoms with Gasteiger partial charge in [-0.2, -0.15) is 4.31 Å². The van der Waals surface area contributed by atoms with E-state index in [4.69, 9.17) is 9.72 Å². The monoisotopic (exact) mass is 533 g/mol. The number of benzene rings is 1. The molecule has 200 valence electrons. The van der Waals surface area contributed by atoms with Gasteiger partial charge >= 0.3 is 5.69 Å². The maximum absolute atomic E-state index is 13.3. The normalized spacial score (nSPS) is 12.4. The minimum absolute atomic E-state index is 0.0547. The molecule has 37 heavy (non-hydrogen) atoms. The number of nitrogens with zero attached hydrogens (tertiary/aromatic N) is 6. The average Bonchev–Trinajstić information content (AvgIpc) is 3.52. The molecule has 4 rings (SSSR count). The average molecular weight is 534 g/mol. The summed E-state index contributed by atoms with van der Waals surface area (Å²) in [6.45, 7) is 5.60. The molecule has 1 aromatic carbocycles. The Bertz CT molecular complexity index is 1550. The van der Waals surface area contributed by atoms with Crippen LogP contribution in [0.2, 0.25) is 0 Å². The van der Waals surface area contributed by atoms with Crippen molar-refractivity contribution in [3.63, 3.8) is 0 Å². The van der Waals surface area contributed by atoms with E-state index < -0.39 is 23.2 Å². The van der Waals surface area contributed by atoms with Crippen LogP contribution in [-0.2, 0) is 16.6 Å². The number of aromatic nitrogens is 6. The van der Waals surface area contributed by atoms with Crippen molar-refractivity contribution in [3.05, 3.63) is 35.0 Å². The van der Waals surface area contributed by atoms with Crippen LogP contribution in [0.15, 0.2) is 34.2 Å². The number of H-pyrrole nitrogens is 1. The van der Waals surface area contributed by atoms with Crippen LogP contribution in [0, 0.1) is 5.92 Å². The summed E-state index contributed by atoms with van der Waals surface area (Å²) >= 11 is 0. The zero-order valence-corrected chi connectivity index (χ0v) is 21.8. The lowest BCUT2D eigenvalue weighted by molar-refractivity contribution is 0.217. The van der Waals surface area contributed by atoms with E-state index in [0.29, 0.717) is 47.1 Å². The molecule has 3 N–H and O–H groups in total. The number of nitrogens with one attached hydrogen (secondary N) is 1. The quantitative estimate of drug-likeness (QED) is 0.239. The molecule has 0 radical (unpaired) electrons. The lowest BCUT2D eigenvalue weighted by Gasteiger charge is -2.21. The first-order chi connectivity index (χ1) is 17.7. The molecule has 0 spiro atoms. The SMILES string of the molecule is CCCOc1ccc(S(=O)(=O)N(CCO)CCO)cc1-c1nc2c([nH]1)c1nncn1c(=O)n2CC(C)C. The van der Waals surface area contributed by atoms with Gasteiger partial charge in [-0.3, -0.25) is 4.57 Å². The van der Waals surface area contributed by atoms with Gasteiger partial charge in [0.15, 0.2) is 11.3 Å². The highest BCUT2D eigenvalue weighted by Gasteiger charge is 2.26. The Morgan fingerprint density at radius 1 is 1.16 bits per heavy atom. The summed E-state index contributed by atoms with van der Waals surface area (Å²) in [7, 11) is -4.05. The Morgan fingerprint density at radius 2 is 1.89 bits per heavy atom. The minimum Gasteiger partial charge on any atom is -0.493 e. The zero-order valence-electron chi connectivity index (χ0n) is 21.0. The van der Waals surface area contributed by atoms with E-state index in [2.05, 4.69) is 15.2 Å². The predicted octanol–water partition coefficient (Wildman–Crippen LogP) is 0.854. The molecule has 3 heterocycles. The Balaban J connectivity index is 1.94. The van der Waals surface area contributed by atoms with E-state index >= 15 is 0 Å². The maximum Gasteiger partial charge on any atom is 0.336 e. The largest absolute Gasteiger partial charge is 0.493 e. The van der Waals surface area contributed by atoms with Crippen LogP contribution in [-0.4, -0.2) is 85.0 Å². The second-order valence-corrected chi connectivity index (χ2v) is 10.9. The molecule has 0 aliphatic heterocycles. The molecule has 0 fully saturated rings. The molecule has 4 aromatic rings. The first-order valence-electron chi connectivity index (χ1n) is 12.0. The number of aliphatic hydroxyl groups excluding tert-OH is 2. The van der Waals surface area contributed by atoms with Gasteiger partial charge in [0.1, 0.15) is 23.4 Å². The van der Waals surface area contributed by atoms with Gasteiger partial charge in [0.2, 0.25) is 10.0 Å². The van der Waals surface area contributed by atoms with Crippen LogP contribution in [0.4, 0.5) is 0 Å². The number of aromatic amines is 1. The van der Waals surface area contributed by atoms with Crippen molar-refractivity contribution in [2.75, 3.05) is 32.9 Å². The summed E-state index contributed by atoms with van der Waals surface area (Å²) in [6.07, 6.45) is 2.07. The fourth-order valence-corrected chi connectivity index (χ4v) is 5.50. The van der Waals surface area contributed by atoms with Gasteiger partial charge in [-0.15, -0.1) is 10.2 Å². The molecule has 0 bridgehead atoms. The molecular weight excluding hydrogens is 502 g/mol. The highest BCUT2D eigenvalue weighted by molar-refractivity contribution is 7.89. The van der Waals surface area contributed by atoms with E-state index in [1.165, 1.54) is 27.4 Å². The Kier molecular flexibility index (Phi) is 7.92. The zero-order chi connectivity index (χ0) is 26.7. The number of rotatable bonds is 12. The lowest BCUT2D eigenvalue weighted by Crippen LogP contribution is -2.35. The minimum atomic E-state index is -4.05. The molecule has 13 nitrogen and oxygen atoms in total. The molecule has 0 aliphatic rings. The van der Waals surface area contributed by atoms with Gasteiger partial charge in [0.25, 0.3) is 0 Å². The van der Waals surface area contributed by atoms with Gasteiger partial charge in [-0.1, -0.05) is 20.8 Å². The van der Waals surface area contributed by atoms with E-state index in [9.17, 15) is 23.4 Å². The van der Waals surface area contributed by atoms with Gasteiger partial charge < -0.3 is 19.9 Å². The summed E-state index contributed by atoms with van der Waals surface area (Å²) in [5.41, 5.74) is 1.19. The number of ether oxygens (including phenoxy) is 1. The number of imidazole rings is 1. The molecule has 0 unspecified atom stereocenters. The van der Waals surface area contributed by atoms with E-state index in [-0.39, 0.29) is 29.6 Å². The number of fused-ring (bicyclic) bond motifs is 3. The smallest absolute Gasteiger partial charge is 0.336 e. The number of hydrogen-bond acceptors (Lipinski definition) is 9. The van der Waals surface area contributed by atoms with E-state index in [0.717, 1.165) is 10.7 Å². The van der Waals surface area contributed by atoms with Crippen LogP contribution in [0.3, 0.4) is 0 Å². The third kappa shape index (κ3) is 5.09. The van der Waals surface area contributed by atoms with Crippen molar-refractivity contribution in [2.24, 2.45) is 5.92 Å². The van der Waals surface area contributed by atoms with Crippen molar-refractivity contribution >= 4 is 26.8 Å². The van der Waals surface area contributed by atoms with Crippen molar-refractivity contribution in [1.29, 1.82) is 0 Å². The highest BCUT2D eigenvalue weighted by atomic mass is 32.2. The fraction of sp³-hybridized carbons (Fsp3) is 0.478. The molecule has 0 atom stereocenters. The van der Waals surface area contributed by atoms with Crippen LogP contribution < -0.4 is 10.4 Å². The van der Waals surface area contributed by atoms with Gasteiger partial charge in [0.05, 0.1) is 30.3 Å². The summed E-state index contributed by atoms with van der Waals surface area (Å²) in [6, 6.07) is 4.40. The third-order valence-corrected chi connectivity index (χ3v) is 7.60. The first-order valence-corrected chi connectivity index (χ1v) is 13.5. The topological polar surface area (TPSA) is 168 Å². The van der Waals surface area contributed by atoms with Crippen molar-refractivity contribution < 1.29 is 23.4 Å². The number of hydrogen-bond donors (Lipinski definition) is 3. The van der Waals surface area contributed by atoms with Gasteiger partial charge in [-0.05, 0) is 30.5 Å². The lowest BCUT2D eigenvalue weighted by atomic mass is 10.2. The first kappa shape index (κ1) is 26.7. The third-order valence-electron chi connectivity index (χ3n) is 5.70. The second-order valence-electron chi connectivity index (χ2n) is 8.95. The summed E-state index contributed by atoms with van der Waals surface area (Å²) in [4.78, 5) is 21.0. The highest BCUT2D eigenvalue weighted by Crippen LogP contribution is 2.33. The molecule has 3 aromatic heterocycles. The number of aliphatic hydroxyl groups is 2. The van der Waals surface area contributed by atoms with Gasteiger partial charge in [0, 0.05) is 19.6 Å². The molecular formula is C23H31N7O6S. The second kappa shape index (κ2) is 11.0. The van der Waals surface area contributed by atoms with E-state index in [1.54, 1.807) is 6.07 Å². The Hall–Kier alpha value is -3.33. The standard InChI is InChI=1S/C23H31N7O6S/c1-4-11-36-18-6-5-16(37(34,35)28(7-9-31)8-10-32)12-17(18)20-25-19-21(26-20)29(13-15(2)3)23(33)30-14-24-27-22(19)30/h5-6,12,14-15,31-32H,4,7-11,13H2,1-3H3,(H,25,26). The van der Waals surface area contributed by atoms with E-state index in [1.807, 2.05) is 20.8 Å². The summed E-state index contributed by atoms with van der Waals surface area (Å²) in [5.74, 6) is 0.851.